The highest BCUT2D eigenvalue weighted by molar-refractivity contribution is 8.00. The third kappa shape index (κ3) is 3.95. The molecule has 4 aromatic rings. The maximum absolute atomic E-state index is 12.6. The van der Waals surface area contributed by atoms with Crippen LogP contribution in [0.15, 0.2) is 62.8 Å². The molecule has 0 aliphatic rings. The van der Waals surface area contributed by atoms with E-state index in [-0.39, 0.29) is 5.91 Å². The molecule has 0 aliphatic heterocycles. The van der Waals surface area contributed by atoms with E-state index in [0.29, 0.717) is 22.6 Å². The Bertz CT molecular complexity index is 1130. The second-order valence-electron chi connectivity index (χ2n) is 6.44. The number of benzene rings is 1. The summed E-state index contributed by atoms with van der Waals surface area (Å²) in [5, 5.41) is 15.4. The number of nitrogens with one attached hydrogen (secondary N) is 1. The Morgan fingerprint density at radius 2 is 1.97 bits per heavy atom. The van der Waals surface area contributed by atoms with Crippen LogP contribution in [0.5, 0.6) is 0 Å². The van der Waals surface area contributed by atoms with Crippen molar-refractivity contribution in [2.75, 3.05) is 5.32 Å². The van der Waals surface area contributed by atoms with E-state index in [1.54, 1.807) is 26.2 Å². The largest absolute Gasteiger partial charge is 0.469 e. The lowest BCUT2D eigenvalue weighted by molar-refractivity contribution is -0.115. The molecule has 0 aliphatic carbocycles. The molecule has 3 heterocycles. The van der Waals surface area contributed by atoms with Crippen molar-refractivity contribution in [2.24, 2.45) is 0 Å². The molecule has 0 radical (unpaired) electrons. The van der Waals surface area contributed by atoms with E-state index in [0.717, 1.165) is 17.0 Å². The van der Waals surface area contributed by atoms with E-state index >= 15 is 0 Å². The smallest absolute Gasteiger partial charge is 0.238 e. The first-order valence-electron chi connectivity index (χ1n) is 8.99. The van der Waals surface area contributed by atoms with E-state index in [1.165, 1.54) is 11.8 Å². The Morgan fingerprint density at radius 1 is 1.17 bits per heavy atom. The summed E-state index contributed by atoms with van der Waals surface area (Å²) in [5.74, 6) is 2.22. The lowest BCUT2D eigenvalue weighted by atomic mass is 10.2. The van der Waals surface area contributed by atoms with Crippen LogP contribution in [0.4, 0.5) is 5.82 Å². The molecule has 0 saturated heterocycles. The van der Waals surface area contributed by atoms with Crippen molar-refractivity contribution in [3.05, 3.63) is 60.2 Å². The van der Waals surface area contributed by atoms with Crippen molar-refractivity contribution in [3.8, 4) is 17.1 Å². The number of anilines is 1. The lowest BCUT2D eigenvalue weighted by Crippen LogP contribution is -2.23. The van der Waals surface area contributed by atoms with Crippen LogP contribution in [0.25, 0.3) is 17.1 Å². The zero-order chi connectivity index (χ0) is 20.4. The normalized spacial score (nSPS) is 12.1. The van der Waals surface area contributed by atoms with Crippen molar-refractivity contribution >= 4 is 23.5 Å². The standard InChI is InChI=1S/C20H19N5O3S/c1-12-11-17(24-28-12)21-19(26)14(3)29-20-23-22-18(16-9-10-27-13(16)2)25(20)15-7-5-4-6-8-15/h4-11,14H,1-3H3,(H,21,24,26). The van der Waals surface area contributed by atoms with Crippen LogP contribution >= 0.6 is 11.8 Å². The number of aryl methyl sites for hydroxylation is 2. The average molecular weight is 409 g/mol. The molecule has 0 spiro atoms. The van der Waals surface area contributed by atoms with Gasteiger partial charge in [0.25, 0.3) is 0 Å². The van der Waals surface area contributed by atoms with Gasteiger partial charge >= 0.3 is 0 Å². The fourth-order valence-corrected chi connectivity index (χ4v) is 3.68. The van der Waals surface area contributed by atoms with Crippen molar-refractivity contribution in [2.45, 2.75) is 31.2 Å². The van der Waals surface area contributed by atoms with Crippen LogP contribution < -0.4 is 5.32 Å². The maximum Gasteiger partial charge on any atom is 0.238 e. The topological polar surface area (TPSA) is 99.0 Å². The Hall–Kier alpha value is -3.33. The Morgan fingerprint density at radius 3 is 2.62 bits per heavy atom. The van der Waals surface area contributed by atoms with Crippen molar-refractivity contribution in [1.82, 2.24) is 19.9 Å². The second-order valence-corrected chi connectivity index (χ2v) is 7.75. The summed E-state index contributed by atoms with van der Waals surface area (Å²) < 4.78 is 12.4. The molecule has 29 heavy (non-hydrogen) atoms. The molecule has 1 atom stereocenters. The van der Waals surface area contributed by atoms with Gasteiger partial charge in [0.15, 0.2) is 16.8 Å². The third-order valence-electron chi connectivity index (χ3n) is 4.28. The molecular formula is C20H19N5O3S. The lowest BCUT2D eigenvalue weighted by Gasteiger charge is -2.13. The van der Waals surface area contributed by atoms with Crippen LogP contribution in [-0.4, -0.2) is 31.1 Å². The Balaban J connectivity index is 1.64. The monoisotopic (exact) mass is 409 g/mol. The molecule has 4 rings (SSSR count). The molecule has 0 saturated carbocycles. The zero-order valence-corrected chi connectivity index (χ0v) is 16.9. The third-order valence-corrected chi connectivity index (χ3v) is 5.32. The van der Waals surface area contributed by atoms with Gasteiger partial charge in [-0.15, -0.1) is 10.2 Å². The van der Waals surface area contributed by atoms with Gasteiger partial charge in [-0.05, 0) is 39.0 Å². The number of hydrogen-bond acceptors (Lipinski definition) is 7. The zero-order valence-electron chi connectivity index (χ0n) is 16.1. The van der Waals surface area contributed by atoms with Gasteiger partial charge in [0.2, 0.25) is 5.91 Å². The van der Waals surface area contributed by atoms with Crippen molar-refractivity contribution in [3.63, 3.8) is 0 Å². The highest BCUT2D eigenvalue weighted by Gasteiger charge is 2.23. The van der Waals surface area contributed by atoms with Gasteiger partial charge < -0.3 is 14.3 Å². The van der Waals surface area contributed by atoms with Gasteiger partial charge in [-0.25, -0.2) is 0 Å². The molecule has 1 unspecified atom stereocenters. The molecule has 0 bridgehead atoms. The van der Waals surface area contributed by atoms with Gasteiger partial charge in [0, 0.05) is 11.8 Å². The molecule has 148 valence electrons. The highest BCUT2D eigenvalue weighted by atomic mass is 32.2. The number of furan rings is 1. The Kier molecular flexibility index (Phi) is 5.22. The average Bonchev–Trinajstić information content (AvgIpc) is 3.42. The SMILES string of the molecule is Cc1cc(NC(=O)C(C)Sc2nnc(-c3ccoc3C)n2-c2ccccc2)no1. The van der Waals surface area contributed by atoms with Crippen LogP contribution in [-0.2, 0) is 4.79 Å². The van der Waals surface area contributed by atoms with E-state index in [1.807, 2.05) is 47.9 Å². The minimum Gasteiger partial charge on any atom is -0.469 e. The number of aromatic nitrogens is 4. The summed E-state index contributed by atoms with van der Waals surface area (Å²) in [4.78, 5) is 12.6. The van der Waals surface area contributed by atoms with Gasteiger partial charge in [0.05, 0.1) is 17.1 Å². The quantitative estimate of drug-likeness (QED) is 0.475. The number of rotatable bonds is 6. The van der Waals surface area contributed by atoms with E-state index in [9.17, 15) is 4.79 Å². The number of nitrogens with zero attached hydrogens (tertiary/aromatic N) is 4. The van der Waals surface area contributed by atoms with E-state index in [2.05, 4.69) is 20.7 Å². The predicted octanol–water partition coefficient (Wildman–Crippen LogP) is 4.25. The van der Waals surface area contributed by atoms with Crippen molar-refractivity contribution in [1.29, 1.82) is 0 Å². The van der Waals surface area contributed by atoms with Crippen LogP contribution in [0.2, 0.25) is 0 Å². The number of hydrogen-bond donors (Lipinski definition) is 1. The minimum absolute atomic E-state index is 0.202. The van der Waals surface area contributed by atoms with Gasteiger partial charge in [-0.3, -0.25) is 9.36 Å². The van der Waals surface area contributed by atoms with Crippen LogP contribution in [0, 0.1) is 13.8 Å². The molecule has 0 fully saturated rings. The van der Waals surface area contributed by atoms with Crippen LogP contribution in [0.1, 0.15) is 18.4 Å². The van der Waals surface area contributed by atoms with Crippen LogP contribution in [0.3, 0.4) is 0 Å². The summed E-state index contributed by atoms with van der Waals surface area (Å²) in [5.41, 5.74) is 1.75. The first-order chi connectivity index (χ1) is 14.0. The molecular weight excluding hydrogens is 390 g/mol. The maximum atomic E-state index is 12.6. The number of amides is 1. The molecule has 1 N–H and O–H groups in total. The predicted molar refractivity (Wildman–Crippen MR) is 109 cm³/mol. The first kappa shape index (κ1) is 19.0. The molecule has 3 aromatic heterocycles. The van der Waals surface area contributed by atoms with Gasteiger partial charge in [-0.2, -0.15) is 0 Å². The second kappa shape index (κ2) is 7.96. The summed E-state index contributed by atoms with van der Waals surface area (Å²) in [6, 6.07) is 13.3. The van der Waals surface area contributed by atoms with Gasteiger partial charge in [0.1, 0.15) is 11.5 Å². The number of carbonyl (C=O) groups is 1. The minimum atomic E-state index is -0.433. The summed E-state index contributed by atoms with van der Waals surface area (Å²) in [6.45, 7) is 5.45. The molecule has 9 heteroatoms. The highest BCUT2D eigenvalue weighted by Crippen LogP contribution is 2.32. The first-order valence-corrected chi connectivity index (χ1v) is 9.87. The number of carbonyl (C=O) groups excluding carboxylic acids is 1. The number of thioether (sulfide) groups is 1. The fourth-order valence-electron chi connectivity index (χ4n) is 2.81. The molecule has 1 aromatic carbocycles. The van der Waals surface area contributed by atoms with Gasteiger partial charge in [-0.1, -0.05) is 35.1 Å². The molecule has 1 amide bonds. The Labute approximate surface area is 171 Å². The van der Waals surface area contributed by atoms with E-state index in [4.69, 9.17) is 8.94 Å². The summed E-state index contributed by atoms with van der Waals surface area (Å²) in [7, 11) is 0. The fraction of sp³-hybridized carbons (Fsp3) is 0.200. The molecule has 8 nitrogen and oxygen atoms in total. The number of para-hydroxylation sites is 1. The summed E-state index contributed by atoms with van der Waals surface area (Å²) >= 11 is 1.31. The van der Waals surface area contributed by atoms with Crippen molar-refractivity contribution < 1.29 is 13.7 Å². The van der Waals surface area contributed by atoms with E-state index < -0.39 is 5.25 Å². The summed E-state index contributed by atoms with van der Waals surface area (Å²) in [6.07, 6.45) is 1.62.